The van der Waals surface area contributed by atoms with E-state index in [-0.39, 0.29) is 22.5 Å². The Bertz CT molecular complexity index is 626. The average molecular weight is 372 g/mol. The third-order valence-corrected chi connectivity index (χ3v) is 4.38. The highest BCUT2D eigenvalue weighted by molar-refractivity contribution is 5.89. The van der Waals surface area contributed by atoms with Crippen molar-refractivity contribution in [3.63, 3.8) is 0 Å². The number of benzene rings is 1. The molecule has 26 heavy (non-hydrogen) atoms. The Morgan fingerprint density at radius 1 is 1.19 bits per heavy atom. The third-order valence-electron chi connectivity index (χ3n) is 4.38. The Kier molecular flexibility index (Phi) is 6.33. The zero-order valence-electron chi connectivity index (χ0n) is 14.8. The van der Waals surface area contributed by atoms with E-state index >= 15 is 0 Å². The molecular formula is C17H23F3N4O2. The lowest BCUT2D eigenvalue weighted by atomic mass is 10.0. The average Bonchev–Trinajstić information content (AvgIpc) is 2.61. The summed E-state index contributed by atoms with van der Waals surface area (Å²) >= 11 is 0. The molecule has 0 saturated carbocycles. The minimum Gasteiger partial charge on any atom is -0.343 e. The van der Waals surface area contributed by atoms with Crippen molar-refractivity contribution in [2.45, 2.75) is 38.5 Å². The molecule has 0 aliphatic carbocycles. The van der Waals surface area contributed by atoms with Crippen LogP contribution in [0.5, 0.6) is 0 Å². The van der Waals surface area contributed by atoms with E-state index in [9.17, 15) is 22.8 Å². The van der Waals surface area contributed by atoms with E-state index in [2.05, 4.69) is 10.6 Å². The van der Waals surface area contributed by atoms with E-state index < -0.39 is 12.3 Å². The van der Waals surface area contributed by atoms with Gasteiger partial charge in [0.25, 0.3) is 0 Å². The molecule has 1 aliphatic rings. The van der Waals surface area contributed by atoms with Crippen LogP contribution in [0.3, 0.4) is 0 Å². The fraction of sp³-hybridized carbons (Fsp3) is 0.529. The van der Waals surface area contributed by atoms with Crippen LogP contribution in [0.15, 0.2) is 24.3 Å². The van der Waals surface area contributed by atoms with Gasteiger partial charge in [-0.15, -0.1) is 0 Å². The number of nitrogens with zero attached hydrogens (tertiary/aromatic N) is 2. The summed E-state index contributed by atoms with van der Waals surface area (Å²) in [6.07, 6.45) is -2.64. The maximum absolute atomic E-state index is 12.6. The van der Waals surface area contributed by atoms with Crippen LogP contribution < -0.4 is 15.5 Å². The Morgan fingerprint density at radius 3 is 2.27 bits per heavy atom. The summed E-state index contributed by atoms with van der Waals surface area (Å²) < 4.78 is 37.9. The van der Waals surface area contributed by atoms with Crippen molar-refractivity contribution in [1.82, 2.24) is 10.2 Å². The molecule has 1 aromatic rings. The van der Waals surface area contributed by atoms with Crippen LogP contribution in [0.25, 0.3) is 0 Å². The van der Waals surface area contributed by atoms with Crippen molar-refractivity contribution in [3.8, 4) is 0 Å². The molecule has 3 amide bonds. The Hall–Kier alpha value is -2.45. The number of urea groups is 1. The number of carbonyl (C=O) groups is 2. The predicted molar refractivity (Wildman–Crippen MR) is 92.9 cm³/mol. The number of halogens is 3. The van der Waals surface area contributed by atoms with Crippen molar-refractivity contribution in [2.24, 2.45) is 0 Å². The van der Waals surface area contributed by atoms with Gasteiger partial charge in [-0.1, -0.05) is 6.92 Å². The van der Waals surface area contributed by atoms with Gasteiger partial charge in [0.05, 0.1) is 0 Å². The lowest BCUT2D eigenvalue weighted by Crippen LogP contribution is -2.47. The Morgan fingerprint density at radius 2 is 1.77 bits per heavy atom. The van der Waals surface area contributed by atoms with Crippen molar-refractivity contribution in [3.05, 3.63) is 24.3 Å². The summed E-state index contributed by atoms with van der Waals surface area (Å²) in [7, 11) is 0.935. The van der Waals surface area contributed by atoms with Crippen LogP contribution in [0.4, 0.5) is 29.3 Å². The van der Waals surface area contributed by atoms with E-state index in [4.69, 9.17) is 0 Å². The molecule has 0 atom stereocenters. The van der Waals surface area contributed by atoms with E-state index in [1.807, 2.05) is 6.92 Å². The van der Waals surface area contributed by atoms with E-state index in [0.29, 0.717) is 38.0 Å². The summed E-state index contributed by atoms with van der Waals surface area (Å²) in [5.74, 6) is 0.108. The summed E-state index contributed by atoms with van der Waals surface area (Å²) in [6, 6.07) is 4.96. The van der Waals surface area contributed by atoms with Crippen LogP contribution in [0.1, 0.15) is 26.2 Å². The third kappa shape index (κ3) is 5.27. The number of nitrogens with one attached hydrogen (secondary N) is 2. The molecular weight excluding hydrogens is 349 g/mol. The number of anilines is 2. The van der Waals surface area contributed by atoms with E-state index in [1.54, 1.807) is 4.90 Å². The molecule has 1 aliphatic heterocycles. The summed E-state index contributed by atoms with van der Waals surface area (Å²) in [6.45, 7) is 3.03. The lowest BCUT2D eigenvalue weighted by molar-refractivity contribution is -0.132. The molecule has 0 spiro atoms. The van der Waals surface area contributed by atoms with E-state index in [1.165, 1.54) is 24.3 Å². The second-order valence-corrected chi connectivity index (χ2v) is 6.18. The first-order valence-electron chi connectivity index (χ1n) is 8.46. The first-order chi connectivity index (χ1) is 12.2. The van der Waals surface area contributed by atoms with Gasteiger partial charge in [-0.05, 0) is 37.1 Å². The van der Waals surface area contributed by atoms with Crippen LogP contribution in [0.2, 0.25) is 0 Å². The lowest BCUT2D eigenvalue weighted by Gasteiger charge is -2.32. The first-order valence-corrected chi connectivity index (χ1v) is 8.46. The van der Waals surface area contributed by atoms with Crippen LogP contribution in [0, 0.1) is 0 Å². The van der Waals surface area contributed by atoms with Crippen LogP contribution in [-0.2, 0) is 4.79 Å². The Labute approximate surface area is 150 Å². The van der Waals surface area contributed by atoms with Crippen molar-refractivity contribution in [2.75, 3.05) is 30.4 Å². The highest BCUT2D eigenvalue weighted by atomic mass is 19.4. The van der Waals surface area contributed by atoms with Crippen molar-refractivity contribution in [1.29, 1.82) is 0 Å². The van der Waals surface area contributed by atoms with Gasteiger partial charge >= 0.3 is 12.3 Å². The number of likely N-dealkylation sites (tertiary alicyclic amines) is 1. The number of rotatable bonds is 4. The number of alkyl halides is 3. The van der Waals surface area contributed by atoms with Crippen molar-refractivity contribution >= 4 is 23.3 Å². The molecule has 1 saturated heterocycles. The smallest absolute Gasteiger partial charge is 0.343 e. The molecule has 0 unspecified atom stereocenters. The van der Waals surface area contributed by atoms with Gasteiger partial charge < -0.3 is 15.5 Å². The fourth-order valence-electron chi connectivity index (χ4n) is 2.76. The summed E-state index contributed by atoms with van der Waals surface area (Å²) in [5.41, 5.74) is 0.386. The van der Waals surface area contributed by atoms with E-state index in [0.717, 1.165) is 7.05 Å². The quantitative estimate of drug-likeness (QED) is 0.798. The standard InChI is InChI=1S/C17H23F3N4O2/c1-3-15(25)24-10-8-13(9-11-24)22-16(26)21-12-4-6-14(7-5-12)23(2)17(18,19)20/h4-7,13H,3,8-11H2,1-2H3,(H2,21,22,26). The van der Waals surface area contributed by atoms with Crippen LogP contribution >= 0.6 is 0 Å². The zero-order chi connectivity index (χ0) is 19.3. The van der Waals surface area contributed by atoms with Gasteiger partial charge in [-0.25, -0.2) is 4.79 Å². The SMILES string of the molecule is CCC(=O)N1CCC(NC(=O)Nc2ccc(N(C)C(F)(F)F)cc2)CC1. The normalized spacial score (nSPS) is 15.5. The molecule has 6 nitrogen and oxygen atoms in total. The number of piperidine rings is 1. The highest BCUT2D eigenvalue weighted by Crippen LogP contribution is 2.27. The second kappa shape index (κ2) is 8.29. The monoisotopic (exact) mass is 372 g/mol. The molecule has 1 fully saturated rings. The fourth-order valence-corrected chi connectivity index (χ4v) is 2.76. The van der Waals surface area contributed by atoms with Gasteiger partial charge in [0.1, 0.15) is 0 Å². The summed E-state index contributed by atoms with van der Waals surface area (Å²) in [4.78, 5) is 25.6. The number of hydrogen-bond donors (Lipinski definition) is 2. The van der Waals surface area contributed by atoms with Gasteiger partial charge in [0, 0.05) is 44.0 Å². The van der Waals surface area contributed by atoms with Crippen molar-refractivity contribution < 1.29 is 22.8 Å². The number of carbonyl (C=O) groups excluding carboxylic acids is 2. The molecule has 2 N–H and O–H groups in total. The minimum absolute atomic E-state index is 0.0172. The Balaban J connectivity index is 1.82. The maximum Gasteiger partial charge on any atom is 0.484 e. The van der Waals surface area contributed by atoms with Gasteiger partial charge in [-0.3, -0.25) is 9.69 Å². The first kappa shape index (κ1) is 19.9. The number of amides is 3. The maximum atomic E-state index is 12.6. The second-order valence-electron chi connectivity index (χ2n) is 6.18. The molecule has 0 bridgehead atoms. The van der Waals surface area contributed by atoms with Gasteiger partial charge in [-0.2, -0.15) is 13.2 Å². The topological polar surface area (TPSA) is 64.7 Å². The summed E-state index contributed by atoms with van der Waals surface area (Å²) in [5, 5.41) is 5.44. The van der Waals surface area contributed by atoms with Gasteiger partial charge in [0.2, 0.25) is 5.91 Å². The molecule has 1 aromatic carbocycles. The number of hydrogen-bond acceptors (Lipinski definition) is 3. The molecule has 9 heteroatoms. The van der Waals surface area contributed by atoms with Gasteiger partial charge in [0.15, 0.2) is 0 Å². The molecule has 0 radical (unpaired) electrons. The highest BCUT2D eigenvalue weighted by Gasteiger charge is 2.34. The zero-order valence-corrected chi connectivity index (χ0v) is 14.8. The molecule has 0 aromatic heterocycles. The minimum atomic E-state index is -4.46. The molecule has 2 rings (SSSR count). The van der Waals surface area contributed by atoms with Crippen LogP contribution in [-0.4, -0.2) is 49.3 Å². The molecule has 144 valence electrons. The molecule has 1 heterocycles. The predicted octanol–water partition coefficient (Wildman–Crippen LogP) is 3.17. The largest absolute Gasteiger partial charge is 0.484 e.